The Morgan fingerprint density at radius 3 is 2.60 bits per heavy atom. The van der Waals surface area contributed by atoms with Crippen molar-refractivity contribution in [1.29, 1.82) is 0 Å². The maximum atomic E-state index is 11.6. The summed E-state index contributed by atoms with van der Waals surface area (Å²) >= 11 is 0. The van der Waals surface area contributed by atoms with Gasteiger partial charge in [0.15, 0.2) is 5.96 Å². The number of carbonyl (C=O) groups excluding carboxylic acids is 1. The second kappa shape index (κ2) is 16.8. The minimum atomic E-state index is -0.0882. The third-order valence-corrected chi connectivity index (χ3v) is 3.72. The van der Waals surface area contributed by atoms with E-state index >= 15 is 0 Å². The van der Waals surface area contributed by atoms with Crippen LogP contribution in [0.4, 0.5) is 0 Å². The van der Waals surface area contributed by atoms with Gasteiger partial charge in [-0.25, -0.2) is 0 Å². The van der Waals surface area contributed by atoms with Gasteiger partial charge in [0, 0.05) is 53.7 Å². The van der Waals surface area contributed by atoms with E-state index in [0.29, 0.717) is 25.0 Å². The molecule has 9 heteroatoms. The fraction of sp³-hybridized carbons (Fsp3) is 0.875. The van der Waals surface area contributed by atoms with Gasteiger partial charge in [-0.2, -0.15) is 0 Å². The van der Waals surface area contributed by atoms with Crippen LogP contribution in [0.5, 0.6) is 0 Å². The second-order valence-corrected chi connectivity index (χ2v) is 5.68. The average molecular weight is 472 g/mol. The van der Waals surface area contributed by atoms with Crippen LogP contribution < -0.4 is 16.0 Å². The van der Waals surface area contributed by atoms with Crippen LogP contribution in [0.3, 0.4) is 0 Å². The summed E-state index contributed by atoms with van der Waals surface area (Å²) in [6.45, 7) is 5.20. The van der Waals surface area contributed by atoms with Crippen LogP contribution in [0.25, 0.3) is 0 Å². The van der Waals surface area contributed by atoms with Gasteiger partial charge < -0.3 is 30.2 Å². The molecule has 1 rings (SSSR count). The third-order valence-electron chi connectivity index (χ3n) is 3.72. The number of carbonyl (C=O) groups is 1. The van der Waals surface area contributed by atoms with E-state index in [1.807, 2.05) is 0 Å². The number of aliphatic imine (C=N–C) groups is 1. The molecule has 1 amide bonds. The molecule has 1 heterocycles. The molecule has 0 aliphatic carbocycles. The predicted octanol–water partition coefficient (Wildman–Crippen LogP) is 0.365. The van der Waals surface area contributed by atoms with Gasteiger partial charge in [-0.3, -0.25) is 9.79 Å². The number of methoxy groups -OCH3 is 1. The van der Waals surface area contributed by atoms with Crippen molar-refractivity contribution in [1.82, 2.24) is 16.0 Å². The summed E-state index contributed by atoms with van der Waals surface area (Å²) in [7, 11) is 3.28. The van der Waals surface area contributed by atoms with Crippen LogP contribution in [-0.2, 0) is 19.0 Å². The number of nitrogens with one attached hydrogen (secondary N) is 3. The number of nitrogens with zero attached hydrogens (tertiary/aromatic N) is 1. The van der Waals surface area contributed by atoms with Gasteiger partial charge in [0.05, 0.1) is 13.2 Å². The number of guanidine groups is 1. The summed E-state index contributed by atoms with van der Waals surface area (Å²) in [5.74, 6) is 1.16. The fourth-order valence-electron chi connectivity index (χ4n) is 2.28. The fourth-order valence-corrected chi connectivity index (χ4v) is 2.28. The van der Waals surface area contributed by atoms with E-state index in [1.54, 1.807) is 14.2 Å². The maximum Gasteiger partial charge on any atom is 0.239 e. The number of amides is 1. The Morgan fingerprint density at radius 2 is 1.92 bits per heavy atom. The van der Waals surface area contributed by atoms with Crippen LogP contribution in [0.2, 0.25) is 0 Å². The molecule has 0 aromatic carbocycles. The Kier molecular flexibility index (Phi) is 16.4. The van der Waals surface area contributed by atoms with Crippen LogP contribution in [0.15, 0.2) is 4.99 Å². The zero-order valence-corrected chi connectivity index (χ0v) is 17.7. The average Bonchev–Trinajstić information content (AvgIpc) is 2.61. The van der Waals surface area contributed by atoms with Crippen LogP contribution in [-0.4, -0.2) is 78.7 Å². The van der Waals surface area contributed by atoms with Gasteiger partial charge in [0.2, 0.25) is 5.91 Å². The van der Waals surface area contributed by atoms with Crippen molar-refractivity contribution in [2.24, 2.45) is 10.9 Å². The number of ether oxygens (including phenoxy) is 3. The molecular weight excluding hydrogens is 439 g/mol. The second-order valence-electron chi connectivity index (χ2n) is 5.68. The van der Waals surface area contributed by atoms with Crippen molar-refractivity contribution in [2.75, 3.05) is 66.8 Å². The zero-order chi connectivity index (χ0) is 17.5. The monoisotopic (exact) mass is 472 g/mol. The molecular formula is C16H33IN4O4. The molecule has 0 saturated carbocycles. The zero-order valence-electron chi connectivity index (χ0n) is 15.3. The van der Waals surface area contributed by atoms with E-state index in [0.717, 1.165) is 52.2 Å². The molecule has 0 aromatic heterocycles. The molecule has 3 N–H and O–H groups in total. The molecule has 0 radical (unpaired) electrons. The minimum Gasteiger partial charge on any atom is -0.383 e. The normalized spacial score (nSPS) is 15.4. The summed E-state index contributed by atoms with van der Waals surface area (Å²) < 4.78 is 15.9. The van der Waals surface area contributed by atoms with E-state index in [9.17, 15) is 4.79 Å². The van der Waals surface area contributed by atoms with Gasteiger partial charge in [-0.1, -0.05) is 0 Å². The van der Waals surface area contributed by atoms with Crippen molar-refractivity contribution in [3.63, 3.8) is 0 Å². The Morgan fingerprint density at radius 1 is 1.16 bits per heavy atom. The lowest BCUT2D eigenvalue weighted by Gasteiger charge is -2.21. The number of rotatable bonds is 11. The van der Waals surface area contributed by atoms with Crippen LogP contribution in [0.1, 0.15) is 19.3 Å². The van der Waals surface area contributed by atoms with E-state index in [4.69, 9.17) is 14.2 Å². The van der Waals surface area contributed by atoms with Crippen molar-refractivity contribution >= 4 is 35.8 Å². The Labute approximate surface area is 167 Å². The van der Waals surface area contributed by atoms with Gasteiger partial charge in [-0.15, -0.1) is 24.0 Å². The molecule has 0 unspecified atom stereocenters. The molecule has 1 aliphatic heterocycles. The van der Waals surface area contributed by atoms with E-state index < -0.39 is 0 Å². The highest BCUT2D eigenvalue weighted by Gasteiger charge is 2.13. The van der Waals surface area contributed by atoms with Gasteiger partial charge in [0.1, 0.15) is 0 Å². The lowest BCUT2D eigenvalue weighted by molar-refractivity contribution is -0.120. The van der Waals surface area contributed by atoms with Gasteiger partial charge in [0.25, 0.3) is 0 Å². The first-order valence-electron chi connectivity index (χ1n) is 8.62. The SMILES string of the molecule is CN=C(NCCCOCC1CCOCC1)NCC(=O)NCCOC.I. The first kappa shape index (κ1) is 24.4. The van der Waals surface area contributed by atoms with Gasteiger partial charge in [-0.05, 0) is 25.2 Å². The summed E-state index contributed by atoms with van der Waals surface area (Å²) in [6, 6.07) is 0. The van der Waals surface area contributed by atoms with Crippen molar-refractivity contribution < 1.29 is 19.0 Å². The van der Waals surface area contributed by atoms with Crippen LogP contribution >= 0.6 is 24.0 Å². The quantitative estimate of drug-likeness (QED) is 0.174. The molecule has 25 heavy (non-hydrogen) atoms. The molecule has 0 aromatic rings. The highest BCUT2D eigenvalue weighted by molar-refractivity contribution is 14.0. The summed E-state index contributed by atoms with van der Waals surface area (Å²) in [5.41, 5.74) is 0. The summed E-state index contributed by atoms with van der Waals surface area (Å²) in [6.07, 6.45) is 3.09. The number of hydrogen-bond acceptors (Lipinski definition) is 5. The Hall–Kier alpha value is -0.650. The minimum absolute atomic E-state index is 0. The highest BCUT2D eigenvalue weighted by Crippen LogP contribution is 2.14. The highest BCUT2D eigenvalue weighted by atomic mass is 127. The molecule has 8 nitrogen and oxygen atoms in total. The van der Waals surface area contributed by atoms with E-state index in [2.05, 4.69) is 20.9 Å². The first-order valence-corrected chi connectivity index (χ1v) is 8.62. The molecule has 0 bridgehead atoms. The molecule has 0 atom stereocenters. The van der Waals surface area contributed by atoms with Crippen molar-refractivity contribution in [2.45, 2.75) is 19.3 Å². The molecule has 148 valence electrons. The van der Waals surface area contributed by atoms with E-state index in [1.165, 1.54) is 0 Å². The third kappa shape index (κ3) is 13.2. The Bertz CT molecular complexity index is 366. The number of hydrogen-bond donors (Lipinski definition) is 3. The Balaban J connectivity index is 0.00000576. The maximum absolute atomic E-state index is 11.6. The number of halogens is 1. The smallest absolute Gasteiger partial charge is 0.239 e. The van der Waals surface area contributed by atoms with Gasteiger partial charge >= 0.3 is 0 Å². The molecule has 1 saturated heterocycles. The lowest BCUT2D eigenvalue weighted by atomic mass is 10.0. The van der Waals surface area contributed by atoms with Crippen LogP contribution in [0, 0.1) is 5.92 Å². The standard InChI is InChI=1S/C16H32N4O4.HI/c1-17-16(20-12-15(21)18-7-11-22-2)19-6-3-8-24-13-14-4-9-23-10-5-14;/h14H,3-13H2,1-2H3,(H,18,21)(H2,17,19,20);1H. The van der Waals surface area contributed by atoms with Crippen molar-refractivity contribution in [3.05, 3.63) is 0 Å². The molecule has 1 aliphatic rings. The van der Waals surface area contributed by atoms with E-state index in [-0.39, 0.29) is 36.4 Å². The summed E-state index contributed by atoms with van der Waals surface area (Å²) in [4.78, 5) is 15.6. The topological polar surface area (TPSA) is 93.2 Å². The lowest BCUT2D eigenvalue weighted by Crippen LogP contribution is -2.44. The summed E-state index contributed by atoms with van der Waals surface area (Å²) in [5, 5.41) is 8.87. The van der Waals surface area contributed by atoms with Crippen molar-refractivity contribution in [3.8, 4) is 0 Å². The first-order chi connectivity index (χ1) is 11.8. The predicted molar refractivity (Wildman–Crippen MR) is 109 cm³/mol. The largest absolute Gasteiger partial charge is 0.383 e. The molecule has 1 fully saturated rings. The molecule has 0 spiro atoms.